The Labute approximate surface area is 190 Å². The van der Waals surface area contributed by atoms with Crippen LogP contribution in [0, 0.1) is 0 Å². The van der Waals surface area contributed by atoms with Crippen LogP contribution in [0.15, 0.2) is 54.9 Å². The zero-order valence-corrected chi connectivity index (χ0v) is 19.2. The standard InChI is InChI=1S/C25H34N4O3/c1-25(2,3)32-24(31)28-22-11-13-29(17-22)18-23(30)27-16-21(20-9-5-4-6-10-20)14-19-8-7-12-26-15-19/h4-10,12,15,21-22H,11,13-14,16-18H2,1-3H3,(H,27,30)(H,28,31). The molecule has 2 unspecified atom stereocenters. The smallest absolute Gasteiger partial charge is 0.407 e. The number of pyridine rings is 1. The van der Waals surface area contributed by atoms with Gasteiger partial charge in [-0.3, -0.25) is 14.7 Å². The molecule has 1 aliphatic heterocycles. The lowest BCUT2D eigenvalue weighted by Gasteiger charge is -2.22. The Hall–Kier alpha value is -2.93. The highest BCUT2D eigenvalue weighted by atomic mass is 16.6. The first-order chi connectivity index (χ1) is 15.3. The van der Waals surface area contributed by atoms with Gasteiger partial charge in [0.05, 0.1) is 6.54 Å². The Balaban J connectivity index is 1.47. The molecule has 3 rings (SSSR count). The van der Waals surface area contributed by atoms with Crippen LogP contribution in [-0.2, 0) is 16.0 Å². The minimum atomic E-state index is -0.520. The fraction of sp³-hybridized carbons (Fsp3) is 0.480. The summed E-state index contributed by atoms with van der Waals surface area (Å²) >= 11 is 0. The largest absolute Gasteiger partial charge is 0.444 e. The van der Waals surface area contributed by atoms with Crippen molar-refractivity contribution in [1.29, 1.82) is 0 Å². The maximum Gasteiger partial charge on any atom is 0.407 e. The van der Waals surface area contributed by atoms with Crippen molar-refractivity contribution < 1.29 is 14.3 Å². The summed E-state index contributed by atoms with van der Waals surface area (Å²) in [6.45, 7) is 7.82. The molecule has 2 atom stereocenters. The van der Waals surface area contributed by atoms with Crippen molar-refractivity contribution >= 4 is 12.0 Å². The lowest BCUT2D eigenvalue weighted by atomic mass is 9.92. The summed E-state index contributed by atoms with van der Waals surface area (Å²) in [6.07, 6.45) is 4.85. The molecule has 1 saturated heterocycles. The van der Waals surface area contributed by atoms with Crippen molar-refractivity contribution in [1.82, 2.24) is 20.5 Å². The van der Waals surface area contributed by atoms with Crippen molar-refractivity contribution in [3.05, 3.63) is 66.0 Å². The summed E-state index contributed by atoms with van der Waals surface area (Å²) < 4.78 is 5.32. The number of hydrogen-bond acceptors (Lipinski definition) is 5. The minimum Gasteiger partial charge on any atom is -0.444 e. The zero-order valence-electron chi connectivity index (χ0n) is 19.2. The number of rotatable bonds is 8. The fourth-order valence-electron chi connectivity index (χ4n) is 3.90. The van der Waals surface area contributed by atoms with Gasteiger partial charge in [0.1, 0.15) is 5.60 Å². The van der Waals surface area contributed by atoms with Crippen LogP contribution >= 0.6 is 0 Å². The number of nitrogens with one attached hydrogen (secondary N) is 2. The van der Waals surface area contributed by atoms with E-state index in [1.54, 1.807) is 6.20 Å². The topological polar surface area (TPSA) is 83.6 Å². The van der Waals surface area contributed by atoms with Crippen molar-refractivity contribution in [2.75, 3.05) is 26.2 Å². The quantitative estimate of drug-likeness (QED) is 0.662. The van der Waals surface area contributed by atoms with E-state index in [0.717, 1.165) is 24.9 Å². The third-order valence-electron chi connectivity index (χ3n) is 5.38. The van der Waals surface area contributed by atoms with E-state index >= 15 is 0 Å². The molecule has 2 amide bonds. The van der Waals surface area contributed by atoms with E-state index in [1.165, 1.54) is 5.56 Å². The molecule has 2 N–H and O–H groups in total. The Kier molecular flexibility index (Phi) is 8.22. The highest BCUT2D eigenvalue weighted by Gasteiger charge is 2.27. The van der Waals surface area contributed by atoms with Crippen molar-refractivity contribution in [2.45, 2.75) is 51.2 Å². The van der Waals surface area contributed by atoms with Gasteiger partial charge < -0.3 is 15.4 Å². The normalized spacial score (nSPS) is 17.5. The molecule has 0 aliphatic carbocycles. The average Bonchev–Trinajstić information content (AvgIpc) is 3.17. The molecule has 172 valence electrons. The van der Waals surface area contributed by atoms with E-state index in [4.69, 9.17) is 4.74 Å². The van der Waals surface area contributed by atoms with Gasteiger partial charge in [0.15, 0.2) is 0 Å². The predicted octanol–water partition coefficient (Wildman–Crippen LogP) is 3.12. The number of carbonyl (C=O) groups excluding carboxylic acids is 2. The Bertz CT molecular complexity index is 868. The van der Waals surface area contributed by atoms with E-state index < -0.39 is 11.7 Å². The third kappa shape index (κ3) is 7.96. The number of carbonyl (C=O) groups is 2. The maximum absolute atomic E-state index is 12.6. The molecule has 0 saturated carbocycles. The number of aromatic nitrogens is 1. The second-order valence-corrected chi connectivity index (χ2v) is 9.34. The average molecular weight is 439 g/mol. The van der Waals surface area contributed by atoms with Crippen LogP contribution < -0.4 is 10.6 Å². The van der Waals surface area contributed by atoms with E-state index in [-0.39, 0.29) is 17.9 Å². The van der Waals surface area contributed by atoms with Gasteiger partial charge in [0.2, 0.25) is 5.91 Å². The zero-order chi connectivity index (χ0) is 23.0. The minimum absolute atomic E-state index is 0.000276. The molecule has 0 spiro atoms. The number of amides is 2. The summed E-state index contributed by atoms with van der Waals surface area (Å²) in [5.41, 5.74) is 1.82. The molecule has 0 radical (unpaired) electrons. The summed E-state index contributed by atoms with van der Waals surface area (Å²) in [4.78, 5) is 30.9. The first-order valence-corrected chi connectivity index (χ1v) is 11.2. The van der Waals surface area contributed by atoms with Crippen molar-refractivity contribution in [3.63, 3.8) is 0 Å². The lowest BCUT2D eigenvalue weighted by molar-refractivity contribution is -0.122. The van der Waals surface area contributed by atoms with Crippen LogP contribution in [0.1, 0.15) is 44.2 Å². The molecule has 1 aromatic heterocycles. The summed E-state index contributed by atoms with van der Waals surface area (Å²) in [6, 6.07) is 14.2. The van der Waals surface area contributed by atoms with Gasteiger partial charge in [-0.05, 0) is 50.8 Å². The Morgan fingerprint density at radius 1 is 1.19 bits per heavy atom. The fourth-order valence-corrected chi connectivity index (χ4v) is 3.90. The van der Waals surface area contributed by atoms with Gasteiger partial charge in [-0.2, -0.15) is 0 Å². The van der Waals surface area contributed by atoms with Crippen LogP contribution in [0.25, 0.3) is 0 Å². The summed E-state index contributed by atoms with van der Waals surface area (Å²) in [7, 11) is 0. The summed E-state index contributed by atoms with van der Waals surface area (Å²) in [5.74, 6) is 0.166. The second-order valence-electron chi connectivity index (χ2n) is 9.34. The molecular formula is C25H34N4O3. The number of benzene rings is 1. The SMILES string of the molecule is CC(C)(C)OC(=O)NC1CCN(CC(=O)NCC(Cc2cccnc2)c2ccccc2)C1. The van der Waals surface area contributed by atoms with Gasteiger partial charge in [-0.1, -0.05) is 36.4 Å². The maximum atomic E-state index is 12.6. The molecule has 2 heterocycles. The molecule has 0 bridgehead atoms. The first-order valence-electron chi connectivity index (χ1n) is 11.2. The molecule has 7 nitrogen and oxygen atoms in total. The van der Waals surface area contributed by atoms with E-state index in [0.29, 0.717) is 19.6 Å². The second kappa shape index (κ2) is 11.1. The highest BCUT2D eigenvalue weighted by molar-refractivity contribution is 5.78. The Morgan fingerprint density at radius 2 is 1.97 bits per heavy atom. The molecule has 1 fully saturated rings. The third-order valence-corrected chi connectivity index (χ3v) is 5.38. The number of likely N-dealkylation sites (tertiary alicyclic amines) is 1. The molecule has 32 heavy (non-hydrogen) atoms. The molecule has 2 aromatic rings. The number of nitrogens with zero attached hydrogens (tertiary/aromatic N) is 2. The number of ether oxygens (including phenoxy) is 1. The van der Waals surface area contributed by atoms with Crippen molar-refractivity contribution in [2.24, 2.45) is 0 Å². The van der Waals surface area contributed by atoms with Gasteiger partial charge in [-0.25, -0.2) is 4.79 Å². The Morgan fingerprint density at radius 3 is 2.66 bits per heavy atom. The lowest BCUT2D eigenvalue weighted by Crippen LogP contribution is -2.42. The molecular weight excluding hydrogens is 404 g/mol. The van der Waals surface area contributed by atoms with Gasteiger partial charge in [-0.15, -0.1) is 0 Å². The van der Waals surface area contributed by atoms with Crippen LogP contribution in [0.2, 0.25) is 0 Å². The van der Waals surface area contributed by atoms with Crippen LogP contribution in [0.5, 0.6) is 0 Å². The van der Waals surface area contributed by atoms with Crippen LogP contribution in [-0.4, -0.2) is 59.7 Å². The van der Waals surface area contributed by atoms with Crippen molar-refractivity contribution in [3.8, 4) is 0 Å². The molecule has 1 aromatic carbocycles. The van der Waals surface area contributed by atoms with E-state index in [2.05, 4.69) is 38.7 Å². The van der Waals surface area contributed by atoms with Gasteiger partial charge in [0.25, 0.3) is 0 Å². The number of alkyl carbamates (subject to hydrolysis) is 1. The van der Waals surface area contributed by atoms with E-state index in [9.17, 15) is 9.59 Å². The van der Waals surface area contributed by atoms with Crippen LogP contribution in [0.4, 0.5) is 4.79 Å². The van der Waals surface area contributed by atoms with Crippen LogP contribution in [0.3, 0.4) is 0 Å². The number of hydrogen-bond donors (Lipinski definition) is 2. The highest BCUT2D eigenvalue weighted by Crippen LogP contribution is 2.20. The monoisotopic (exact) mass is 438 g/mol. The van der Waals surface area contributed by atoms with Gasteiger partial charge in [0, 0.05) is 44.0 Å². The summed E-state index contributed by atoms with van der Waals surface area (Å²) in [5, 5.41) is 6.00. The van der Waals surface area contributed by atoms with E-state index in [1.807, 2.05) is 51.2 Å². The molecule has 7 heteroatoms. The van der Waals surface area contributed by atoms with Gasteiger partial charge >= 0.3 is 6.09 Å². The predicted molar refractivity (Wildman–Crippen MR) is 124 cm³/mol. The first kappa shape index (κ1) is 23.7. The molecule has 1 aliphatic rings.